The van der Waals surface area contributed by atoms with E-state index in [0.29, 0.717) is 37.7 Å². The Kier molecular flexibility index (Phi) is 3.69. The maximum absolute atomic E-state index is 5.32. The second-order valence-corrected chi connectivity index (χ2v) is 2.39. The van der Waals surface area contributed by atoms with Crippen molar-refractivity contribution in [1.29, 1.82) is 0 Å². The number of hydrogen-bond donors (Lipinski definition) is 1. The van der Waals surface area contributed by atoms with Gasteiger partial charge in [0.25, 0.3) is 0 Å². The molecule has 0 unspecified atom stereocenters. The second-order valence-electron chi connectivity index (χ2n) is 2.39. The molecule has 68 valence electrons. The summed E-state index contributed by atoms with van der Waals surface area (Å²) in [5, 5.41) is 3.75. The largest absolute Gasteiger partial charge is 0.384 e. The molecular weight excluding hydrogens is 158 g/mol. The number of ether oxygens (including phenoxy) is 1. The van der Waals surface area contributed by atoms with E-state index in [1.165, 1.54) is 0 Å². The minimum absolute atomic E-state index is 0.534. The highest BCUT2D eigenvalue weighted by molar-refractivity contribution is 4.86. The number of rotatable bonds is 5. The molecule has 1 aromatic rings. The molecule has 0 aliphatic heterocycles. The van der Waals surface area contributed by atoms with E-state index >= 15 is 0 Å². The van der Waals surface area contributed by atoms with Crippen molar-refractivity contribution >= 4 is 0 Å². The first-order valence-electron chi connectivity index (χ1n) is 3.87. The van der Waals surface area contributed by atoms with E-state index in [0.717, 1.165) is 0 Å². The van der Waals surface area contributed by atoms with Crippen molar-refractivity contribution in [2.24, 2.45) is 5.73 Å². The third-order valence-electron chi connectivity index (χ3n) is 1.40. The zero-order chi connectivity index (χ0) is 8.81. The molecule has 12 heavy (non-hydrogen) atoms. The van der Waals surface area contributed by atoms with Crippen molar-refractivity contribution in [3.8, 4) is 0 Å². The fourth-order valence-electron chi connectivity index (χ4n) is 0.810. The SMILES string of the molecule is COCCc1noc(CCN)n1. The van der Waals surface area contributed by atoms with Gasteiger partial charge in [-0.2, -0.15) is 4.98 Å². The van der Waals surface area contributed by atoms with Crippen molar-refractivity contribution in [3.63, 3.8) is 0 Å². The van der Waals surface area contributed by atoms with Gasteiger partial charge in [0, 0.05) is 26.5 Å². The molecule has 5 heteroatoms. The van der Waals surface area contributed by atoms with Crippen molar-refractivity contribution < 1.29 is 9.26 Å². The van der Waals surface area contributed by atoms with Gasteiger partial charge in [0.1, 0.15) is 0 Å². The van der Waals surface area contributed by atoms with Crippen LogP contribution in [0.5, 0.6) is 0 Å². The number of nitrogens with two attached hydrogens (primary N) is 1. The predicted molar refractivity (Wildman–Crippen MR) is 42.6 cm³/mol. The molecule has 0 atom stereocenters. The van der Waals surface area contributed by atoms with E-state index in [9.17, 15) is 0 Å². The van der Waals surface area contributed by atoms with Gasteiger partial charge in [0.05, 0.1) is 6.61 Å². The molecule has 2 N–H and O–H groups in total. The molecule has 5 nitrogen and oxygen atoms in total. The highest BCUT2D eigenvalue weighted by Gasteiger charge is 2.03. The van der Waals surface area contributed by atoms with Crippen LogP contribution in [-0.4, -0.2) is 30.4 Å². The second kappa shape index (κ2) is 4.84. The summed E-state index contributed by atoms with van der Waals surface area (Å²) in [4.78, 5) is 4.10. The Morgan fingerprint density at radius 2 is 2.33 bits per heavy atom. The Hall–Kier alpha value is -0.940. The van der Waals surface area contributed by atoms with Crippen LogP contribution >= 0.6 is 0 Å². The third-order valence-corrected chi connectivity index (χ3v) is 1.40. The first kappa shape index (κ1) is 9.15. The van der Waals surface area contributed by atoms with E-state index in [1.807, 2.05) is 0 Å². The van der Waals surface area contributed by atoms with Gasteiger partial charge in [0.15, 0.2) is 5.82 Å². The fraction of sp³-hybridized carbons (Fsp3) is 0.714. The van der Waals surface area contributed by atoms with Gasteiger partial charge in [0.2, 0.25) is 5.89 Å². The van der Waals surface area contributed by atoms with Crippen LogP contribution in [0.3, 0.4) is 0 Å². The van der Waals surface area contributed by atoms with E-state index in [1.54, 1.807) is 7.11 Å². The van der Waals surface area contributed by atoms with Crippen LogP contribution in [0.2, 0.25) is 0 Å². The normalized spacial score (nSPS) is 10.5. The highest BCUT2D eigenvalue weighted by Crippen LogP contribution is 1.98. The van der Waals surface area contributed by atoms with Gasteiger partial charge in [-0.05, 0) is 0 Å². The molecule has 0 bridgehead atoms. The minimum atomic E-state index is 0.534. The summed E-state index contributed by atoms with van der Waals surface area (Å²) in [6, 6.07) is 0. The Labute approximate surface area is 70.9 Å². The van der Waals surface area contributed by atoms with E-state index in [2.05, 4.69) is 10.1 Å². The summed E-state index contributed by atoms with van der Waals surface area (Å²) in [6.45, 7) is 1.15. The molecule has 1 heterocycles. The maximum atomic E-state index is 5.32. The summed E-state index contributed by atoms with van der Waals surface area (Å²) in [7, 11) is 1.64. The van der Waals surface area contributed by atoms with E-state index < -0.39 is 0 Å². The van der Waals surface area contributed by atoms with Crippen LogP contribution < -0.4 is 5.73 Å². The van der Waals surface area contributed by atoms with Crippen molar-refractivity contribution in [1.82, 2.24) is 10.1 Å². The van der Waals surface area contributed by atoms with Crippen molar-refractivity contribution in [3.05, 3.63) is 11.7 Å². The molecule has 0 radical (unpaired) electrons. The standard InChI is InChI=1S/C7H13N3O2/c1-11-5-3-6-9-7(2-4-8)12-10-6/h2-5,8H2,1H3. The predicted octanol–water partition coefficient (Wildman–Crippen LogP) is -0.240. The quantitative estimate of drug-likeness (QED) is 0.661. The number of nitrogens with zero attached hydrogens (tertiary/aromatic N) is 2. The Morgan fingerprint density at radius 1 is 1.50 bits per heavy atom. The number of aromatic nitrogens is 2. The lowest BCUT2D eigenvalue weighted by atomic mass is 10.4. The maximum Gasteiger partial charge on any atom is 0.227 e. The van der Waals surface area contributed by atoms with Crippen LogP contribution in [0.1, 0.15) is 11.7 Å². The van der Waals surface area contributed by atoms with Crippen molar-refractivity contribution in [2.75, 3.05) is 20.3 Å². The summed E-state index contributed by atoms with van der Waals surface area (Å²) in [6.07, 6.45) is 1.32. The van der Waals surface area contributed by atoms with E-state index in [-0.39, 0.29) is 0 Å². The molecule has 0 aliphatic rings. The smallest absolute Gasteiger partial charge is 0.227 e. The molecule has 1 aromatic heterocycles. The first-order chi connectivity index (χ1) is 5.86. The Bertz CT molecular complexity index is 224. The van der Waals surface area contributed by atoms with E-state index in [4.69, 9.17) is 15.0 Å². The topological polar surface area (TPSA) is 74.2 Å². The van der Waals surface area contributed by atoms with Gasteiger partial charge < -0.3 is 15.0 Å². The Morgan fingerprint density at radius 3 is 3.00 bits per heavy atom. The van der Waals surface area contributed by atoms with Gasteiger partial charge in [-0.15, -0.1) is 0 Å². The van der Waals surface area contributed by atoms with Crippen LogP contribution in [0.4, 0.5) is 0 Å². The molecule has 0 aliphatic carbocycles. The molecule has 0 aromatic carbocycles. The van der Waals surface area contributed by atoms with Gasteiger partial charge >= 0.3 is 0 Å². The molecule has 0 fully saturated rings. The average molecular weight is 171 g/mol. The lowest BCUT2D eigenvalue weighted by Crippen LogP contribution is -2.03. The summed E-state index contributed by atoms with van der Waals surface area (Å²) < 4.78 is 9.77. The molecule has 0 saturated heterocycles. The van der Waals surface area contributed by atoms with Gasteiger partial charge in [-0.1, -0.05) is 5.16 Å². The first-order valence-corrected chi connectivity index (χ1v) is 3.87. The van der Waals surface area contributed by atoms with Crippen LogP contribution in [0.15, 0.2) is 4.52 Å². The minimum Gasteiger partial charge on any atom is -0.384 e. The average Bonchev–Trinajstić information content (AvgIpc) is 2.50. The van der Waals surface area contributed by atoms with Crippen LogP contribution in [0, 0.1) is 0 Å². The summed E-state index contributed by atoms with van der Waals surface area (Å²) in [5.41, 5.74) is 5.32. The molecule has 0 amide bonds. The lowest BCUT2D eigenvalue weighted by molar-refractivity contribution is 0.199. The molecule has 1 rings (SSSR count). The van der Waals surface area contributed by atoms with Gasteiger partial charge in [-0.3, -0.25) is 0 Å². The third kappa shape index (κ3) is 2.60. The summed E-state index contributed by atoms with van der Waals surface area (Å²) in [5.74, 6) is 1.28. The van der Waals surface area contributed by atoms with Crippen LogP contribution in [-0.2, 0) is 17.6 Å². The van der Waals surface area contributed by atoms with Crippen LogP contribution in [0.25, 0.3) is 0 Å². The highest BCUT2D eigenvalue weighted by atomic mass is 16.5. The Balaban J connectivity index is 2.41. The molecular formula is C7H13N3O2. The van der Waals surface area contributed by atoms with Gasteiger partial charge in [-0.25, -0.2) is 0 Å². The number of methoxy groups -OCH3 is 1. The fourth-order valence-corrected chi connectivity index (χ4v) is 0.810. The summed E-state index contributed by atoms with van der Waals surface area (Å²) >= 11 is 0. The number of hydrogen-bond acceptors (Lipinski definition) is 5. The lowest BCUT2D eigenvalue weighted by Gasteiger charge is -1.90. The zero-order valence-electron chi connectivity index (χ0n) is 7.12. The molecule has 0 saturated carbocycles. The zero-order valence-corrected chi connectivity index (χ0v) is 7.12. The monoisotopic (exact) mass is 171 g/mol. The van der Waals surface area contributed by atoms with Crippen molar-refractivity contribution in [2.45, 2.75) is 12.8 Å². The molecule has 0 spiro atoms.